The second-order valence-corrected chi connectivity index (χ2v) is 2.99. The van der Waals surface area contributed by atoms with Gasteiger partial charge in [0.05, 0.1) is 6.10 Å². The van der Waals surface area contributed by atoms with Crippen LogP contribution in [0.5, 0.6) is 0 Å². The lowest BCUT2D eigenvalue weighted by Crippen LogP contribution is -2.04. The van der Waals surface area contributed by atoms with E-state index < -0.39 is 5.76 Å². The van der Waals surface area contributed by atoms with E-state index >= 15 is 0 Å². The lowest BCUT2D eigenvalue weighted by molar-refractivity contribution is 0.0489. The SMILES string of the molecule is CC1CCC(c2noc(=O)[nH]2)O1. The number of nitrogens with one attached hydrogen (secondary N) is 1. The number of rotatable bonds is 1. The Labute approximate surface area is 68.7 Å². The zero-order valence-corrected chi connectivity index (χ0v) is 6.74. The van der Waals surface area contributed by atoms with E-state index in [2.05, 4.69) is 14.7 Å². The molecule has 1 fully saturated rings. The van der Waals surface area contributed by atoms with E-state index in [9.17, 15) is 4.79 Å². The third-order valence-electron chi connectivity index (χ3n) is 1.99. The van der Waals surface area contributed by atoms with Crippen molar-refractivity contribution in [1.29, 1.82) is 0 Å². The van der Waals surface area contributed by atoms with Crippen LogP contribution < -0.4 is 5.76 Å². The van der Waals surface area contributed by atoms with Crippen LogP contribution in [0.2, 0.25) is 0 Å². The molecule has 0 saturated carbocycles. The molecule has 1 saturated heterocycles. The standard InChI is InChI=1S/C7H10N2O3/c1-4-2-3-5(11-4)6-8-7(10)12-9-6/h4-5H,2-3H2,1H3,(H,8,9,10). The molecule has 2 heterocycles. The van der Waals surface area contributed by atoms with Crippen molar-refractivity contribution in [3.8, 4) is 0 Å². The molecule has 0 spiro atoms. The van der Waals surface area contributed by atoms with Crippen molar-refractivity contribution in [1.82, 2.24) is 10.1 Å². The Morgan fingerprint density at radius 1 is 1.58 bits per heavy atom. The van der Waals surface area contributed by atoms with Gasteiger partial charge in [-0.25, -0.2) is 4.79 Å². The van der Waals surface area contributed by atoms with Crippen LogP contribution in [0.15, 0.2) is 9.32 Å². The first-order valence-electron chi connectivity index (χ1n) is 3.97. The lowest BCUT2D eigenvalue weighted by Gasteiger charge is -2.05. The fourth-order valence-corrected chi connectivity index (χ4v) is 1.38. The highest BCUT2D eigenvalue weighted by Crippen LogP contribution is 2.29. The molecule has 5 nitrogen and oxygen atoms in total. The van der Waals surface area contributed by atoms with E-state index in [0.29, 0.717) is 5.82 Å². The maximum atomic E-state index is 10.6. The predicted molar refractivity (Wildman–Crippen MR) is 39.6 cm³/mol. The number of nitrogens with zero attached hydrogens (tertiary/aromatic N) is 1. The fraction of sp³-hybridized carbons (Fsp3) is 0.714. The van der Waals surface area contributed by atoms with E-state index in [4.69, 9.17) is 4.74 Å². The first-order chi connectivity index (χ1) is 5.75. The predicted octanol–water partition coefficient (Wildman–Crippen LogP) is 0.603. The van der Waals surface area contributed by atoms with E-state index in [1.807, 2.05) is 6.92 Å². The van der Waals surface area contributed by atoms with Gasteiger partial charge in [0.1, 0.15) is 6.10 Å². The highest BCUT2D eigenvalue weighted by Gasteiger charge is 2.26. The molecule has 1 aliphatic rings. The number of H-pyrrole nitrogens is 1. The Balaban J connectivity index is 2.16. The lowest BCUT2D eigenvalue weighted by atomic mass is 10.2. The third kappa shape index (κ3) is 1.27. The van der Waals surface area contributed by atoms with Crippen LogP contribution in [0.25, 0.3) is 0 Å². The molecule has 0 amide bonds. The summed E-state index contributed by atoms with van der Waals surface area (Å²) >= 11 is 0. The Hall–Kier alpha value is -1.10. The molecule has 66 valence electrons. The molecular weight excluding hydrogens is 160 g/mol. The Morgan fingerprint density at radius 3 is 2.92 bits per heavy atom. The van der Waals surface area contributed by atoms with Gasteiger partial charge < -0.3 is 4.74 Å². The maximum absolute atomic E-state index is 10.6. The van der Waals surface area contributed by atoms with E-state index in [1.165, 1.54) is 0 Å². The molecule has 1 aliphatic heterocycles. The number of aromatic amines is 1. The Morgan fingerprint density at radius 2 is 2.42 bits per heavy atom. The molecule has 1 aromatic rings. The first-order valence-corrected chi connectivity index (χ1v) is 3.97. The summed E-state index contributed by atoms with van der Waals surface area (Å²) in [6.07, 6.45) is 2.05. The highest BCUT2D eigenvalue weighted by molar-refractivity contribution is 4.89. The quantitative estimate of drug-likeness (QED) is 0.670. The highest BCUT2D eigenvalue weighted by atomic mass is 16.5. The van der Waals surface area contributed by atoms with Crippen LogP contribution in [0.3, 0.4) is 0 Å². The Bertz CT molecular complexity index is 316. The van der Waals surface area contributed by atoms with Crippen molar-refractivity contribution < 1.29 is 9.26 Å². The first kappa shape index (κ1) is 7.54. The van der Waals surface area contributed by atoms with Gasteiger partial charge in [0.2, 0.25) is 0 Å². The minimum Gasteiger partial charge on any atom is -0.367 e. The average molecular weight is 170 g/mol. The van der Waals surface area contributed by atoms with E-state index in [0.717, 1.165) is 12.8 Å². The van der Waals surface area contributed by atoms with Gasteiger partial charge in [-0.1, -0.05) is 5.16 Å². The van der Waals surface area contributed by atoms with Gasteiger partial charge >= 0.3 is 5.76 Å². The van der Waals surface area contributed by atoms with Crippen LogP contribution in [0.1, 0.15) is 31.7 Å². The second-order valence-electron chi connectivity index (χ2n) is 2.99. The number of aromatic nitrogens is 2. The largest absolute Gasteiger partial charge is 0.438 e. The molecule has 1 N–H and O–H groups in total. The van der Waals surface area contributed by atoms with Crippen molar-refractivity contribution in [3.63, 3.8) is 0 Å². The zero-order chi connectivity index (χ0) is 8.55. The molecule has 12 heavy (non-hydrogen) atoms. The van der Waals surface area contributed by atoms with Crippen molar-refractivity contribution in [2.24, 2.45) is 0 Å². The summed E-state index contributed by atoms with van der Waals surface area (Å²) < 4.78 is 9.84. The maximum Gasteiger partial charge on any atom is 0.438 e. The van der Waals surface area contributed by atoms with Crippen molar-refractivity contribution >= 4 is 0 Å². The van der Waals surface area contributed by atoms with Gasteiger partial charge in [0.15, 0.2) is 5.82 Å². The van der Waals surface area contributed by atoms with Gasteiger partial charge in [0, 0.05) is 0 Å². The summed E-state index contributed by atoms with van der Waals surface area (Å²) in [5.74, 6) is -0.0162. The monoisotopic (exact) mass is 170 g/mol. The summed E-state index contributed by atoms with van der Waals surface area (Å²) in [4.78, 5) is 13.1. The van der Waals surface area contributed by atoms with Crippen LogP contribution in [0.4, 0.5) is 0 Å². The summed E-state index contributed by atoms with van der Waals surface area (Å²) in [5.41, 5.74) is 0. The van der Waals surface area contributed by atoms with Gasteiger partial charge in [-0.2, -0.15) is 0 Å². The minimum absolute atomic E-state index is 0.0913. The molecule has 0 aromatic carbocycles. The fourth-order valence-electron chi connectivity index (χ4n) is 1.38. The van der Waals surface area contributed by atoms with Crippen LogP contribution in [-0.2, 0) is 4.74 Å². The molecule has 2 rings (SSSR count). The van der Waals surface area contributed by atoms with Crippen molar-refractivity contribution in [2.75, 3.05) is 0 Å². The molecular formula is C7H10N2O3. The smallest absolute Gasteiger partial charge is 0.367 e. The van der Waals surface area contributed by atoms with E-state index in [-0.39, 0.29) is 12.2 Å². The summed E-state index contributed by atoms with van der Waals surface area (Å²) in [5, 5.41) is 3.56. The van der Waals surface area contributed by atoms with Gasteiger partial charge in [-0.15, -0.1) is 0 Å². The molecule has 0 radical (unpaired) electrons. The van der Waals surface area contributed by atoms with Crippen LogP contribution in [-0.4, -0.2) is 16.2 Å². The van der Waals surface area contributed by atoms with Crippen molar-refractivity contribution in [2.45, 2.75) is 32.0 Å². The van der Waals surface area contributed by atoms with Crippen LogP contribution in [0, 0.1) is 0 Å². The topological polar surface area (TPSA) is 68.1 Å². The molecule has 0 aliphatic carbocycles. The Kier molecular flexibility index (Phi) is 1.73. The summed E-state index contributed by atoms with van der Waals surface area (Å²) in [7, 11) is 0. The average Bonchev–Trinajstić information content (AvgIpc) is 2.58. The number of hydrogen-bond acceptors (Lipinski definition) is 4. The molecule has 5 heteroatoms. The minimum atomic E-state index is -0.520. The van der Waals surface area contributed by atoms with Crippen LogP contribution >= 0.6 is 0 Å². The molecule has 2 atom stereocenters. The molecule has 2 unspecified atom stereocenters. The summed E-state index contributed by atoms with van der Waals surface area (Å²) in [6.45, 7) is 2.00. The van der Waals surface area contributed by atoms with Gasteiger partial charge in [0.25, 0.3) is 0 Å². The zero-order valence-electron chi connectivity index (χ0n) is 6.74. The third-order valence-corrected chi connectivity index (χ3v) is 1.99. The number of ether oxygens (including phenoxy) is 1. The van der Waals surface area contributed by atoms with Gasteiger partial charge in [-0.05, 0) is 19.8 Å². The van der Waals surface area contributed by atoms with Gasteiger partial charge in [-0.3, -0.25) is 9.51 Å². The second kappa shape index (κ2) is 2.75. The number of hydrogen-bond donors (Lipinski definition) is 1. The van der Waals surface area contributed by atoms with Crippen molar-refractivity contribution in [3.05, 3.63) is 16.4 Å². The van der Waals surface area contributed by atoms with E-state index in [1.54, 1.807) is 0 Å². The normalized spacial score (nSPS) is 29.4. The summed E-state index contributed by atoms with van der Waals surface area (Å²) in [6, 6.07) is 0. The molecule has 0 bridgehead atoms. The molecule has 1 aromatic heterocycles.